The van der Waals surface area contributed by atoms with Crippen LogP contribution in [0.3, 0.4) is 0 Å². The zero-order chi connectivity index (χ0) is 14.6. The van der Waals surface area contributed by atoms with Gasteiger partial charge >= 0.3 is 0 Å². The van der Waals surface area contributed by atoms with Gasteiger partial charge in [0, 0.05) is 45.0 Å². The van der Waals surface area contributed by atoms with Crippen LogP contribution < -0.4 is 15.4 Å². The van der Waals surface area contributed by atoms with E-state index in [-0.39, 0.29) is 0 Å². The maximum absolute atomic E-state index is 10.0. The molecule has 1 aromatic carbocycles. The van der Waals surface area contributed by atoms with Crippen molar-refractivity contribution >= 4 is 5.69 Å². The van der Waals surface area contributed by atoms with Crippen molar-refractivity contribution in [1.82, 2.24) is 4.90 Å². The summed E-state index contributed by atoms with van der Waals surface area (Å²) in [5, 5.41) is 10.0. The van der Waals surface area contributed by atoms with E-state index in [9.17, 15) is 5.11 Å². The van der Waals surface area contributed by atoms with E-state index in [1.165, 1.54) is 5.69 Å². The lowest BCUT2D eigenvalue weighted by atomic mass is 10.1. The Morgan fingerprint density at radius 2 is 1.80 bits per heavy atom. The summed E-state index contributed by atoms with van der Waals surface area (Å²) in [7, 11) is 1.68. The largest absolute Gasteiger partial charge is 0.497 e. The van der Waals surface area contributed by atoms with Gasteiger partial charge in [0.25, 0.3) is 0 Å². The van der Waals surface area contributed by atoms with Crippen molar-refractivity contribution in [3.8, 4) is 5.75 Å². The van der Waals surface area contributed by atoms with Crippen LogP contribution in [0, 0.1) is 0 Å². The molecule has 0 bridgehead atoms. The smallest absolute Gasteiger partial charge is 0.119 e. The van der Waals surface area contributed by atoms with E-state index in [2.05, 4.69) is 21.9 Å². The zero-order valence-corrected chi connectivity index (χ0v) is 12.4. The Morgan fingerprint density at radius 3 is 2.30 bits per heavy atom. The minimum absolute atomic E-state index is 0.297. The van der Waals surface area contributed by atoms with Crippen LogP contribution in [0.4, 0.5) is 5.69 Å². The van der Waals surface area contributed by atoms with E-state index in [4.69, 9.17) is 10.5 Å². The molecule has 1 aliphatic heterocycles. The van der Waals surface area contributed by atoms with E-state index in [1.807, 2.05) is 12.1 Å². The maximum atomic E-state index is 10.0. The van der Waals surface area contributed by atoms with Gasteiger partial charge < -0.3 is 20.5 Å². The third kappa shape index (κ3) is 3.85. The van der Waals surface area contributed by atoms with Gasteiger partial charge in [0.2, 0.25) is 0 Å². The molecule has 112 valence electrons. The van der Waals surface area contributed by atoms with Gasteiger partial charge in [0.15, 0.2) is 0 Å². The van der Waals surface area contributed by atoms with Crippen molar-refractivity contribution in [2.45, 2.75) is 12.5 Å². The molecule has 0 amide bonds. The van der Waals surface area contributed by atoms with Crippen molar-refractivity contribution in [3.63, 3.8) is 0 Å². The second-order valence-electron chi connectivity index (χ2n) is 5.66. The molecular weight excluding hydrogens is 254 g/mol. The normalized spacial score (nSPS) is 19.7. The first-order valence-corrected chi connectivity index (χ1v) is 7.08. The quantitative estimate of drug-likeness (QED) is 0.823. The monoisotopic (exact) mass is 279 g/mol. The predicted molar refractivity (Wildman–Crippen MR) is 81.3 cm³/mol. The van der Waals surface area contributed by atoms with Gasteiger partial charge in [-0.3, -0.25) is 4.90 Å². The predicted octanol–water partition coefficient (Wildman–Crippen LogP) is 0.527. The fraction of sp³-hybridized carbons (Fsp3) is 0.600. The van der Waals surface area contributed by atoms with Crippen LogP contribution in [0.25, 0.3) is 0 Å². The number of methoxy groups -OCH3 is 1. The van der Waals surface area contributed by atoms with E-state index < -0.39 is 5.60 Å². The fourth-order valence-corrected chi connectivity index (χ4v) is 2.50. The lowest BCUT2D eigenvalue weighted by molar-refractivity contribution is 0.0257. The summed E-state index contributed by atoms with van der Waals surface area (Å²) in [4.78, 5) is 4.62. The molecule has 1 aromatic rings. The molecule has 3 N–H and O–H groups in total. The van der Waals surface area contributed by atoms with Crippen molar-refractivity contribution in [2.24, 2.45) is 5.73 Å². The Balaban J connectivity index is 1.87. The number of β-amino-alcohol motifs (C(OH)–C–C–N with tert-alkyl or cyclic N) is 1. The molecule has 1 unspecified atom stereocenters. The first-order chi connectivity index (χ1) is 9.54. The van der Waals surface area contributed by atoms with Gasteiger partial charge in [-0.05, 0) is 31.2 Å². The summed E-state index contributed by atoms with van der Waals surface area (Å²) < 4.78 is 5.17. The van der Waals surface area contributed by atoms with Gasteiger partial charge in [0.1, 0.15) is 5.75 Å². The molecule has 1 atom stereocenters. The highest BCUT2D eigenvalue weighted by Gasteiger charge is 2.25. The number of hydrogen-bond donors (Lipinski definition) is 2. The minimum Gasteiger partial charge on any atom is -0.497 e. The van der Waals surface area contributed by atoms with E-state index >= 15 is 0 Å². The second-order valence-corrected chi connectivity index (χ2v) is 5.66. The lowest BCUT2D eigenvalue weighted by Gasteiger charge is -2.39. The van der Waals surface area contributed by atoms with Crippen molar-refractivity contribution in [1.29, 1.82) is 0 Å². The summed E-state index contributed by atoms with van der Waals surface area (Å²) in [5.41, 5.74) is 6.00. The van der Waals surface area contributed by atoms with Crippen molar-refractivity contribution in [2.75, 3.05) is 51.3 Å². The van der Waals surface area contributed by atoms with Gasteiger partial charge in [-0.1, -0.05) is 0 Å². The summed E-state index contributed by atoms with van der Waals surface area (Å²) >= 11 is 0. The molecule has 1 saturated heterocycles. The van der Waals surface area contributed by atoms with Gasteiger partial charge in [-0.15, -0.1) is 0 Å². The lowest BCUT2D eigenvalue weighted by Crippen LogP contribution is -2.53. The molecule has 5 heteroatoms. The van der Waals surface area contributed by atoms with Crippen LogP contribution in [-0.4, -0.2) is 62.0 Å². The molecule has 0 spiro atoms. The van der Waals surface area contributed by atoms with Crippen LogP contribution in [0.15, 0.2) is 24.3 Å². The number of rotatable bonds is 5. The standard InChI is InChI=1S/C15H25N3O2/c1-15(19,11-16)12-17-7-9-18(10-8-17)13-3-5-14(20-2)6-4-13/h3-6,19H,7-12,16H2,1-2H3. The number of hydrogen-bond acceptors (Lipinski definition) is 5. The topological polar surface area (TPSA) is 62.0 Å². The average molecular weight is 279 g/mol. The summed E-state index contributed by atoms with van der Waals surface area (Å²) in [6.45, 7) is 6.55. The number of anilines is 1. The molecule has 0 aliphatic carbocycles. The zero-order valence-electron chi connectivity index (χ0n) is 12.4. The van der Waals surface area contributed by atoms with Gasteiger partial charge in [0.05, 0.1) is 12.7 Å². The molecule has 1 fully saturated rings. The van der Waals surface area contributed by atoms with Crippen LogP contribution >= 0.6 is 0 Å². The van der Waals surface area contributed by atoms with E-state index in [1.54, 1.807) is 14.0 Å². The van der Waals surface area contributed by atoms with E-state index in [0.717, 1.165) is 31.9 Å². The van der Waals surface area contributed by atoms with Crippen LogP contribution in [-0.2, 0) is 0 Å². The SMILES string of the molecule is COc1ccc(N2CCN(CC(C)(O)CN)CC2)cc1. The number of benzene rings is 1. The first kappa shape index (κ1) is 15.1. The number of piperazine rings is 1. The molecule has 5 nitrogen and oxygen atoms in total. The number of ether oxygens (including phenoxy) is 1. The minimum atomic E-state index is -0.789. The molecule has 2 rings (SSSR count). The Bertz CT molecular complexity index is 412. The number of aliphatic hydroxyl groups is 1. The molecule has 1 aliphatic rings. The molecular formula is C15H25N3O2. The third-order valence-electron chi connectivity index (χ3n) is 3.81. The summed E-state index contributed by atoms with van der Waals surface area (Å²) in [6, 6.07) is 8.15. The Kier molecular flexibility index (Phi) is 4.86. The summed E-state index contributed by atoms with van der Waals surface area (Å²) in [6.07, 6.45) is 0. The Labute approximate surface area is 120 Å². The fourth-order valence-electron chi connectivity index (χ4n) is 2.50. The molecule has 0 aromatic heterocycles. The van der Waals surface area contributed by atoms with Gasteiger partial charge in [-0.2, -0.15) is 0 Å². The third-order valence-corrected chi connectivity index (χ3v) is 3.81. The summed E-state index contributed by atoms with van der Waals surface area (Å²) in [5.74, 6) is 0.881. The molecule has 0 saturated carbocycles. The van der Waals surface area contributed by atoms with E-state index in [0.29, 0.717) is 13.1 Å². The first-order valence-electron chi connectivity index (χ1n) is 7.08. The Morgan fingerprint density at radius 1 is 1.20 bits per heavy atom. The highest BCUT2D eigenvalue weighted by Crippen LogP contribution is 2.20. The van der Waals surface area contributed by atoms with Crippen molar-refractivity contribution < 1.29 is 9.84 Å². The number of nitrogens with zero attached hydrogens (tertiary/aromatic N) is 2. The molecule has 0 radical (unpaired) electrons. The maximum Gasteiger partial charge on any atom is 0.119 e. The highest BCUT2D eigenvalue weighted by molar-refractivity contribution is 5.49. The van der Waals surface area contributed by atoms with Crippen LogP contribution in [0.5, 0.6) is 5.75 Å². The average Bonchev–Trinajstić information content (AvgIpc) is 2.48. The molecule has 20 heavy (non-hydrogen) atoms. The second kappa shape index (κ2) is 6.43. The van der Waals surface area contributed by atoms with Crippen molar-refractivity contribution in [3.05, 3.63) is 24.3 Å². The Hall–Kier alpha value is -1.30. The van der Waals surface area contributed by atoms with Crippen LogP contribution in [0.2, 0.25) is 0 Å². The highest BCUT2D eigenvalue weighted by atomic mass is 16.5. The van der Waals surface area contributed by atoms with Gasteiger partial charge in [-0.25, -0.2) is 0 Å². The molecule has 1 heterocycles. The number of nitrogens with two attached hydrogens (primary N) is 1. The van der Waals surface area contributed by atoms with Crippen LogP contribution in [0.1, 0.15) is 6.92 Å².